The topological polar surface area (TPSA) is 49.0 Å². The zero-order valence-corrected chi connectivity index (χ0v) is 16.1. The first kappa shape index (κ1) is 17.3. The Morgan fingerprint density at radius 1 is 1.25 bits per heavy atom. The Morgan fingerprint density at radius 2 is 2.14 bits per heavy atom. The van der Waals surface area contributed by atoms with Crippen molar-refractivity contribution in [3.63, 3.8) is 0 Å². The fraction of sp³-hybridized carbons (Fsp3) is 0.238. The molecule has 0 bridgehead atoms. The van der Waals surface area contributed by atoms with Crippen LogP contribution >= 0.6 is 11.8 Å². The third-order valence-corrected chi connectivity index (χ3v) is 6.18. The molecule has 0 radical (unpaired) electrons. The van der Waals surface area contributed by atoms with Crippen molar-refractivity contribution in [3.8, 4) is 5.75 Å². The van der Waals surface area contributed by atoms with E-state index in [0.717, 1.165) is 29.0 Å². The van der Waals surface area contributed by atoms with Gasteiger partial charge in [-0.25, -0.2) is 9.37 Å². The van der Waals surface area contributed by atoms with Crippen LogP contribution in [0, 0.1) is 5.82 Å². The van der Waals surface area contributed by atoms with Crippen molar-refractivity contribution in [3.05, 3.63) is 64.2 Å². The van der Waals surface area contributed by atoms with Crippen molar-refractivity contribution in [1.29, 1.82) is 0 Å². The van der Waals surface area contributed by atoms with Crippen molar-refractivity contribution < 1.29 is 9.13 Å². The summed E-state index contributed by atoms with van der Waals surface area (Å²) in [5.74, 6) is 1.36. The summed E-state index contributed by atoms with van der Waals surface area (Å²) in [5, 5.41) is 1.39. The molecule has 2 aromatic carbocycles. The molecule has 0 saturated heterocycles. The van der Waals surface area contributed by atoms with E-state index in [-0.39, 0.29) is 11.4 Å². The van der Waals surface area contributed by atoms with Crippen molar-refractivity contribution >= 4 is 33.7 Å². The van der Waals surface area contributed by atoms with Crippen LogP contribution in [0.1, 0.15) is 12.0 Å². The van der Waals surface area contributed by atoms with Gasteiger partial charge in [0.25, 0.3) is 5.56 Å². The van der Waals surface area contributed by atoms with Crippen LogP contribution in [0.25, 0.3) is 21.9 Å². The first-order valence-electron chi connectivity index (χ1n) is 9.14. The number of halogens is 1. The van der Waals surface area contributed by atoms with Gasteiger partial charge in [-0.1, -0.05) is 23.9 Å². The number of hydrogen-bond acceptors (Lipinski definition) is 4. The largest absolute Gasteiger partial charge is 0.497 e. The third-order valence-electron chi connectivity index (χ3n) is 5.12. The fourth-order valence-corrected chi connectivity index (χ4v) is 4.76. The molecule has 4 aromatic rings. The van der Waals surface area contributed by atoms with Crippen LogP contribution in [-0.4, -0.2) is 27.0 Å². The van der Waals surface area contributed by atoms with Gasteiger partial charge < -0.3 is 9.30 Å². The highest BCUT2D eigenvalue weighted by molar-refractivity contribution is 7.99. The molecule has 0 spiro atoms. The van der Waals surface area contributed by atoms with Gasteiger partial charge in [-0.2, -0.15) is 0 Å². The first-order valence-corrected chi connectivity index (χ1v) is 10.1. The van der Waals surface area contributed by atoms with Crippen molar-refractivity contribution in [2.75, 3.05) is 12.9 Å². The van der Waals surface area contributed by atoms with E-state index in [2.05, 4.69) is 0 Å². The monoisotopic (exact) mass is 395 g/mol. The Kier molecular flexibility index (Phi) is 4.12. The summed E-state index contributed by atoms with van der Waals surface area (Å²) in [6, 6.07) is 12.4. The molecular weight excluding hydrogens is 377 g/mol. The van der Waals surface area contributed by atoms with E-state index in [0.29, 0.717) is 34.7 Å². The molecule has 2 aromatic heterocycles. The number of hydrogen-bond donors (Lipinski definition) is 0. The molecule has 1 aliphatic heterocycles. The standard InChI is InChI=1S/C21H18FN3O2S/c1-27-15-5-2-4-13(10-15)12-25-17-7-6-14(22)11-16(17)18-19(25)20(26)24-8-3-9-28-21(24)23-18/h2,4-7,10-11H,3,8-9,12H2,1H3. The summed E-state index contributed by atoms with van der Waals surface area (Å²) in [5.41, 5.74) is 2.83. The van der Waals surface area contributed by atoms with Crippen molar-refractivity contribution in [2.24, 2.45) is 0 Å². The first-order chi connectivity index (χ1) is 13.7. The maximum absolute atomic E-state index is 14.0. The summed E-state index contributed by atoms with van der Waals surface area (Å²) < 4.78 is 23.0. The Balaban J connectivity index is 1.82. The third kappa shape index (κ3) is 2.69. The van der Waals surface area contributed by atoms with Crippen LogP contribution in [0.2, 0.25) is 0 Å². The van der Waals surface area contributed by atoms with Crippen molar-refractivity contribution in [2.45, 2.75) is 24.7 Å². The van der Waals surface area contributed by atoms with E-state index < -0.39 is 0 Å². The van der Waals surface area contributed by atoms with Gasteiger partial charge in [-0.15, -0.1) is 0 Å². The van der Waals surface area contributed by atoms with Gasteiger partial charge in [0.2, 0.25) is 0 Å². The normalized spacial score (nSPS) is 13.8. The molecule has 0 unspecified atom stereocenters. The van der Waals surface area contributed by atoms with E-state index in [9.17, 15) is 9.18 Å². The Labute approximate surface area is 164 Å². The summed E-state index contributed by atoms with van der Waals surface area (Å²) in [6.07, 6.45) is 0.940. The predicted molar refractivity (Wildman–Crippen MR) is 109 cm³/mol. The van der Waals surface area contributed by atoms with Crippen LogP contribution < -0.4 is 10.3 Å². The highest BCUT2D eigenvalue weighted by atomic mass is 32.2. The van der Waals surface area contributed by atoms with Gasteiger partial charge in [-0.3, -0.25) is 9.36 Å². The van der Waals surface area contributed by atoms with Crippen LogP contribution in [0.3, 0.4) is 0 Å². The number of fused-ring (bicyclic) bond motifs is 4. The summed E-state index contributed by atoms with van der Waals surface area (Å²) in [7, 11) is 1.63. The van der Waals surface area contributed by atoms with Gasteiger partial charge in [0, 0.05) is 24.2 Å². The molecule has 142 valence electrons. The lowest BCUT2D eigenvalue weighted by atomic mass is 10.2. The van der Waals surface area contributed by atoms with Gasteiger partial charge in [-0.05, 0) is 42.3 Å². The van der Waals surface area contributed by atoms with Gasteiger partial charge in [0.05, 0.1) is 12.6 Å². The zero-order valence-electron chi connectivity index (χ0n) is 15.3. The highest BCUT2D eigenvalue weighted by Gasteiger charge is 2.22. The summed E-state index contributed by atoms with van der Waals surface area (Å²) in [6.45, 7) is 1.14. The second-order valence-corrected chi connectivity index (χ2v) is 7.91. The second-order valence-electron chi connectivity index (χ2n) is 6.85. The van der Waals surface area contributed by atoms with Gasteiger partial charge >= 0.3 is 0 Å². The minimum atomic E-state index is -0.333. The minimum absolute atomic E-state index is 0.0632. The molecule has 3 heterocycles. The quantitative estimate of drug-likeness (QED) is 0.491. The molecule has 0 saturated carbocycles. The molecule has 0 atom stereocenters. The number of benzene rings is 2. The van der Waals surface area contributed by atoms with Crippen LogP contribution in [0.15, 0.2) is 52.4 Å². The minimum Gasteiger partial charge on any atom is -0.497 e. The lowest BCUT2D eigenvalue weighted by Crippen LogP contribution is -2.27. The molecule has 0 N–H and O–H groups in total. The number of methoxy groups -OCH3 is 1. The van der Waals surface area contributed by atoms with Gasteiger partial charge in [0.1, 0.15) is 22.6 Å². The maximum Gasteiger partial charge on any atom is 0.278 e. The molecule has 0 fully saturated rings. The van der Waals surface area contributed by atoms with Crippen molar-refractivity contribution in [1.82, 2.24) is 14.1 Å². The second kappa shape index (κ2) is 6.67. The number of rotatable bonds is 3. The van der Waals surface area contributed by atoms with Crippen LogP contribution in [-0.2, 0) is 13.1 Å². The fourth-order valence-electron chi connectivity index (χ4n) is 3.82. The van der Waals surface area contributed by atoms with E-state index >= 15 is 0 Å². The zero-order chi connectivity index (χ0) is 19.3. The number of nitrogens with zero attached hydrogens (tertiary/aromatic N) is 3. The van der Waals surface area contributed by atoms with E-state index in [4.69, 9.17) is 9.72 Å². The molecular formula is C21H18FN3O2S. The Hall–Kier alpha value is -2.80. The van der Waals surface area contributed by atoms with E-state index in [1.807, 2.05) is 28.8 Å². The SMILES string of the molecule is COc1cccc(Cn2c3ccc(F)cc3c3nc4n(c(=O)c32)CCCS4)c1. The molecule has 5 nitrogen and oxygen atoms in total. The average Bonchev–Trinajstić information content (AvgIpc) is 3.01. The van der Waals surface area contributed by atoms with Crippen LogP contribution in [0.5, 0.6) is 5.75 Å². The molecule has 0 aliphatic carbocycles. The van der Waals surface area contributed by atoms with E-state index in [1.54, 1.807) is 29.5 Å². The van der Waals surface area contributed by atoms with E-state index in [1.165, 1.54) is 12.1 Å². The van der Waals surface area contributed by atoms with Crippen LogP contribution in [0.4, 0.5) is 4.39 Å². The lowest BCUT2D eigenvalue weighted by molar-refractivity contribution is 0.414. The molecule has 7 heteroatoms. The molecule has 28 heavy (non-hydrogen) atoms. The highest BCUT2D eigenvalue weighted by Crippen LogP contribution is 2.31. The predicted octanol–water partition coefficient (Wildman–Crippen LogP) is 4.04. The number of thioether (sulfide) groups is 1. The summed E-state index contributed by atoms with van der Waals surface area (Å²) in [4.78, 5) is 18.1. The average molecular weight is 395 g/mol. The van der Waals surface area contributed by atoms with Gasteiger partial charge in [0.15, 0.2) is 5.16 Å². The summed E-state index contributed by atoms with van der Waals surface area (Å²) >= 11 is 1.58. The smallest absolute Gasteiger partial charge is 0.278 e. The Bertz CT molecular complexity index is 1280. The lowest BCUT2D eigenvalue weighted by Gasteiger charge is -2.17. The molecule has 5 rings (SSSR count). The molecule has 0 amide bonds. The maximum atomic E-state index is 14.0. The number of aromatic nitrogens is 3. The molecule has 1 aliphatic rings. The number of ether oxygens (including phenoxy) is 1. The Morgan fingerprint density at radius 3 is 3.00 bits per heavy atom.